The molecule has 0 aliphatic heterocycles. The van der Waals surface area contributed by atoms with Crippen molar-refractivity contribution in [3.63, 3.8) is 0 Å². The summed E-state index contributed by atoms with van der Waals surface area (Å²) in [5.74, 6) is 0.868. The van der Waals surface area contributed by atoms with Gasteiger partial charge < -0.3 is 0 Å². The Morgan fingerprint density at radius 3 is 2.00 bits per heavy atom. The van der Waals surface area contributed by atoms with E-state index in [4.69, 9.17) is 0 Å². The van der Waals surface area contributed by atoms with Crippen LogP contribution in [0.3, 0.4) is 0 Å². The first-order valence-corrected chi connectivity index (χ1v) is 5.36. The van der Waals surface area contributed by atoms with Gasteiger partial charge in [-0.1, -0.05) is 26.8 Å². The molecule has 0 unspecified atom stereocenters. The van der Waals surface area contributed by atoms with E-state index in [1.807, 2.05) is 47.6 Å². The van der Waals surface area contributed by atoms with Crippen molar-refractivity contribution in [3.05, 3.63) is 48.8 Å². The Bertz CT molecular complexity index is 455. The van der Waals surface area contributed by atoms with Crippen molar-refractivity contribution in [1.82, 2.24) is 9.97 Å². The molecule has 0 amide bonds. The molecule has 82 valence electrons. The molecule has 0 N–H and O–H groups in total. The molecule has 0 aliphatic carbocycles. The Labute approximate surface area is 95.8 Å². The Morgan fingerprint density at radius 2 is 1.50 bits per heavy atom. The molecule has 0 saturated heterocycles. The Morgan fingerprint density at radius 1 is 0.938 bits per heavy atom. The number of aromatic nitrogens is 3. The fourth-order valence-corrected chi connectivity index (χ4v) is 1.41. The average Bonchev–Trinajstić information content (AvgIpc) is 2.29. The van der Waals surface area contributed by atoms with Crippen molar-refractivity contribution in [1.29, 1.82) is 0 Å². The SMILES string of the molecule is CC(C)(C)c1ncc(-[n+]2ccccc2)cn1. The van der Waals surface area contributed by atoms with Gasteiger partial charge in [0.25, 0.3) is 0 Å². The highest BCUT2D eigenvalue weighted by Gasteiger charge is 2.17. The fraction of sp³-hybridized carbons (Fsp3) is 0.308. The maximum Gasteiger partial charge on any atom is 0.247 e. The molecule has 0 aromatic carbocycles. The second-order valence-corrected chi connectivity index (χ2v) is 4.80. The third kappa shape index (κ3) is 2.24. The molecule has 3 nitrogen and oxygen atoms in total. The summed E-state index contributed by atoms with van der Waals surface area (Å²) in [5.41, 5.74) is 0.980. The molecule has 2 aromatic heterocycles. The van der Waals surface area contributed by atoms with Gasteiger partial charge in [-0.05, 0) is 0 Å². The van der Waals surface area contributed by atoms with Crippen LogP contribution in [0.2, 0.25) is 0 Å². The van der Waals surface area contributed by atoms with Gasteiger partial charge in [-0.2, -0.15) is 4.57 Å². The van der Waals surface area contributed by atoms with Gasteiger partial charge >= 0.3 is 0 Å². The van der Waals surface area contributed by atoms with Crippen LogP contribution in [0.1, 0.15) is 26.6 Å². The van der Waals surface area contributed by atoms with Crippen LogP contribution in [-0.4, -0.2) is 9.97 Å². The number of rotatable bonds is 1. The summed E-state index contributed by atoms with van der Waals surface area (Å²) in [6.45, 7) is 6.33. The summed E-state index contributed by atoms with van der Waals surface area (Å²) < 4.78 is 1.99. The highest BCUT2D eigenvalue weighted by atomic mass is 15.0. The standard InChI is InChI=1S/C13H16N3/c1-13(2,3)12-14-9-11(10-15-12)16-7-5-4-6-8-16/h4-10H,1-3H3/q+1. The van der Waals surface area contributed by atoms with Crippen molar-refractivity contribution in [3.8, 4) is 5.69 Å². The van der Waals surface area contributed by atoms with Crippen LogP contribution in [0.25, 0.3) is 5.69 Å². The summed E-state index contributed by atoms with van der Waals surface area (Å²) in [6, 6.07) is 5.95. The smallest absolute Gasteiger partial charge is 0.234 e. The van der Waals surface area contributed by atoms with Gasteiger partial charge in [0.2, 0.25) is 5.69 Å². The van der Waals surface area contributed by atoms with Gasteiger partial charge in [0.15, 0.2) is 12.4 Å². The molecule has 2 rings (SSSR count). The maximum absolute atomic E-state index is 4.39. The highest BCUT2D eigenvalue weighted by Crippen LogP contribution is 2.16. The van der Waals surface area contributed by atoms with Crippen LogP contribution in [0.5, 0.6) is 0 Å². The zero-order valence-electron chi connectivity index (χ0n) is 9.88. The lowest BCUT2D eigenvalue weighted by Crippen LogP contribution is -2.30. The fourth-order valence-electron chi connectivity index (χ4n) is 1.41. The molecule has 0 fully saturated rings. The Balaban J connectivity index is 2.34. The lowest BCUT2D eigenvalue weighted by molar-refractivity contribution is -0.596. The van der Waals surface area contributed by atoms with E-state index in [0.29, 0.717) is 0 Å². The molecule has 0 bridgehead atoms. The van der Waals surface area contributed by atoms with Crippen molar-refractivity contribution >= 4 is 0 Å². The summed E-state index contributed by atoms with van der Waals surface area (Å²) in [6.07, 6.45) is 7.67. The predicted octanol–water partition coefficient (Wildman–Crippen LogP) is 2.05. The normalized spacial score (nSPS) is 11.4. The van der Waals surface area contributed by atoms with Crippen LogP contribution in [0, 0.1) is 0 Å². The summed E-state index contributed by atoms with van der Waals surface area (Å²) in [4.78, 5) is 8.79. The zero-order valence-corrected chi connectivity index (χ0v) is 9.88. The van der Waals surface area contributed by atoms with Crippen LogP contribution in [-0.2, 0) is 5.41 Å². The highest BCUT2D eigenvalue weighted by molar-refractivity contribution is 5.15. The average molecular weight is 214 g/mol. The predicted molar refractivity (Wildman–Crippen MR) is 62.3 cm³/mol. The molecular weight excluding hydrogens is 198 g/mol. The second kappa shape index (κ2) is 4.00. The van der Waals surface area contributed by atoms with Crippen LogP contribution < -0.4 is 4.57 Å². The van der Waals surface area contributed by atoms with Gasteiger partial charge in [-0.25, -0.2) is 9.97 Å². The van der Waals surface area contributed by atoms with Gasteiger partial charge in [0, 0.05) is 17.5 Å². The van der Waals surface area contributed by atoms with E-state index in [1.54, 1.807) is 0 Å². The van der Waals surface area contributed by atoms with E-state index in [1.165, 1.54) is 0 Å². The molecule has 0 radical (unpaired) electrons. The molecule has 2 aromatic rings. The molecule has 3 heteroatoms. The third-order valence-corrected chi connectivity index (χ3v) is 2.32. The number of hydrogen-bond donors (Lipinski definition) is 0. The van der Waals surface area contributed by atoms with Crippen LogP contribution in [0.4, 0.5) is 0 Å². The molecular formula is C13H16N3+. The van der Waals surface area contributed by atoms with Gasteiger partial charge in [0.05, 0.1) is 0 Å². The van der Waals surface area contributed by atoms with E-state index in [9.17, 15) is 0 Å². The molecule has 2 heterocycles. The zero-order chi connectivity index (χ0) is 11.6. The Kier molecular flexibility index (Phi) is 2.69. The van der Waals surface area contributed by atoms with E-state index in [-0.39, 0.29) is 5.41 Å². The topological polar surface area (TPSA) is 29.7 Å². The minimum Gasteiger partial charge on any atom is -0.234 e. The van der Waals surface area contributed by atoms with Gasteiger partial charge in [-0.15, -0.1) is 0 Å². The van der Waals surface area contributed by atoms with E-state index in [0.717, 1.165) is 11.5 Å². The van der Waals surface area contributed by atoms with Crippen molar-refractivity contribution in [2.45, 2.75) is 26.2 Å². The largest absolute Gasteiger partial charge is 0.247 e. The summed E-state index contributed by atoms with van der Waals surface area (Å²) >= 11 is 0. The lowest BCUT2D eigenvalue weighted by Gasteiger charge is -2.15. The van der Waals surface area contributed by atoms with E-state index < -0.39 is 0 Å². The van der Waals surface area contributed by atoms with Crippen molar-refractivity contribution in [2.24, 2.45) is 0 Å². The van der Waals surface area contributed by atoms with Crippen molar-refractivity contribution in [2.75, 3.05) is 0 Å². The monoisotopic (exact) mass is 214 g/mol. The molecule has 16 heavy (non-hydrogen) atoms. The lowest BCUT2D eigenvalue weighted by atomic mass is 9.96. The first-order chi connectivity index (χ1) is 7.57. The summed E-state index contributed by atoms with van der Waals surface area (Å²) in [5, 5.41) is 0. The first-order valence-electron chi connectivity index (χ1n) is 5.36. The molecule has 0 spiro atoms. The van der Waals surface area contributed by atoms with Gasteiger partial charge in [0.1, 0.15) is 18.2 Å². The molecule has 0 saturated carbocycles. The quantitative estimate of drug-likeness (QED) is 0.680. The summed E-state index contributed by atoms with van der Waals surface area (Å²) in [7, 11) is 0. The maximum atomic E-state index is 4.39. The van der Waals surface area contributed by atoms with E-state index in [2.05, 4.69) is 30.7 Å². The number of pyridine rings is 1. The second-order valence-electron chi connectivity index (χ2n) is 4.80. The molecule has 0 atom stereocenters. The number of hydrogen-bond acceptors (Lipinski definition) is 2. The Hall–Kier alpha value is -1.77. The van der Waals surface area contributed by atoms with Crippen LogP contribution >= 0.6 is 0 Å². The number of nitrogens with zero attached hydrogens (tertiary/aromatic N) is 3. The van der Waals surface area contributed by atoms with E-state index >= 15 is 0 Å². The third-order valence-electron chi connectivity index (χ3n) is 2.32. The van der Waals surface area contributed by atoms with Crippen LogP contribution in [0.15, 0.2) is 43.0 Å². The minimum absolute atomic E-state index is 0.000115. The minimum atomic E-state index is -0.000115. The van der Waals surface area contributed by atoms with Crippen molar-refractivity contribution < 1.29 is 4.57 Å². The molecule has 0 aliphatic rings. The van der Waals surface area contributed by atoms with Gasteiger partial charge in [-0.3, -0.25) is 0 Å². The first kappa shape index (κ1) is 10.7.